The Morgan fingerprint density at radius 3 is 2.47 bits per heavy atom. The molecule has 0 spiro atoms. The highest BCUT2D eigenvalue weighted by molar-refractivity contribution is 4.88. The summed E-state index contributed by atoms with van der Waals surface area (Å²) < 4.78 is 0. The van der Waals surface area contributed by atoms with Gasteiger partial charge in [0.25, 0.3) is 0 Å². The molecule has 0 aromatic carbocycles. The maximum Gasteiger partial charge on any atom is 0.0251 e. The number of hydrogen-bond acceptors (Lipinski definition) is 2. The van der Waals surface area contributed by atoms with Gasteiger partial charge in [0.1, 0.15) is 0 Å². The van der Waals surface area contributed by atoms with E-state index < -0.39 is 0 Å². The van der Waals surface area contributed by atoms with Crippen LogP contribution in [0.4, 0.5) is 0 Å². The summed E-state index contributed by atoms with van der Waals surface area (Å²) in [6.07, 6.45) is 9.63. The highest BCUT2D eigenvalue weighted by Crippen LogP contribution is 2.25. The Morgan fingerprint density at radius 1 is 1.18 bits per heavy atom. The van der Waals surface area contributed by atoms with Crippen molar-refractivity contribution in [3.05, 3.63) is 0 Å². The summed E-state index contributed by atoms with van der Waals surface area (Å²) in [4.78, 5) is 2.75. The molecule has 1 N–H and O–H groups in total. The molecular formula is C15H32N2. The van der Waals surface area contributed by atoms with Gasteiger partial charge in [-0.3, -0.25) is 4.90 Å². The van der Waals surface area contributed by atoms with Gasteiger partial charge in [-0.15, -0.1) is 0 Å². The molecule has 0 amide bonds. The van der Waals surface area contributed by atoms with Crippen LogP contribution in [-0.4, -0.2) is 36.6 Å². The van der Waals surface area contributed by atoms with Crippen molar-refractivity contribution < 1.29 is 0 Å². The third-order valence-electron chi connectivity index (χ3n) is 4.21. The van der Waals surface area contributed by atoms with E-state index in [2.05, 4.69) is 38.0 Å². The molecule has 17 heavy (non-hydrogen) atoms. The standard InChI is InChI=1S/C15H32N2/c1-5-6-9-12-17(13(2)3)15-11-8-7-10-14(15)16-4/h13-16H,5-12H2,1-4H3. The van der Waals surface area contributed by atoms with Crippen molar-refractivity contribution in [2.24, 2.45) is 0 Å². The van der Waals surface area contributed by atoms with E-state index in [0.717, 1.165) is 6.04 Å². The Labute approximate surface area is 108 Å². The monoisotopic (exact) mass is 240 g/mol. The van der Waals surface area contributed by atoms with Gasteiger partial charge in [-0.2, -0.15) is 0 Å². The van der Waals surface area contributed by atoms with Gasteiger partial charge in [-0.05, 0) is 46.7 Å². The highest BCUT2D eigenvalue weighted by atomic mass is 15.2. The van der Waals surface area contributed by atoms with Gasteiger partial charge >= 0.3 is 0 Å². The van der Waals surface area contributed by atoms with E-state index in [1.807, 2.05) is 0 Å². The fourth-order valence-electron chi connectivity index (χ4n) is 3.20. The number of unbranched alkanes of at least 4 members (excludes halogenated alkanes) is 2. The SMILES string of the molecule is CCCCCN(C(C)C)C1CCCCC1NC. The average molecular weight is 240 g/mol. The molecule has 0 aliphatic heterocycles. The van der Waals surface area contributed by atoms with Crippen LogP contribution in [0.25, 0.3) is 0 Å². The van der Waals surface area contributed by atoms with E-state index in [1.54, 1.807) is 0 Å². The first kappa shape index (κ1) is 15.0. The lowest BCUT2D eigenvalue weighted by atomic mass is 9.88. The molecule has 1 rings (SSSR count). The summed E-state index contributed by atoms with van der Waals surface area (Å²) in [5.74, 6) is 0. The third kappa shape index (κ3) is 4.59. The Bertz CT molecular complexity index is 191. The van der Waals surface area contributed by atoms with Gasteiger partial charge < -0.3 is 5.32 Å². The fraction of sp³-hybridized carbons (Fsp3) is 1.00. The first-order valence-corrected chi connectivity index (χ1v) is 7.63. The molecule has 1 fully saturated rings. The van der Waals surface area contributed by atoms with Gasteiger partial charge in [-0.1, -0.05) is 32.6 Å². The highest BCUT2D eigenvalue weighted by Gasteiger charge is 2.29. The molecule has 1 saturated carbocycles. The molecule has 0 aromatic heterocycles. The zero-order valence-electron chi connectivity index (χ0n) is 12.3. The minimum atomic E-state index is 0.686. The van der Waals surface area contributed by atoms with Crippen LogP contribution < -0.4 is 5.32 Å². The summed E-state index contributed by atoms with van der Waals surface area (Å²) in [6.45, 7) is 8.28. The maximum atomic E-state index is 3.54. The lowest BCUT2D eigenvalue weighted by molar-refractivity contribution is 0.0925. The molecule has 0 aromatic rings. The molecule has 0 saturated heterocycles. The van der Waals surface area contributed by atoms with Crippen molar-refractivity contribution >= 4 is 0 Å². The van der Waals surface area contributed by atoms with Gasteiger partial charge in [-0.25, -0.2) is 0 Å². The molecule has 2 nitrogen and oxygen atoms in total. The quantitative estimate of drug-likeness (QED) is 0.686. The van der Waals surface area contributed by atoms with Crippen LogP contribution in [0.5, 0.6) is 0 Å². The maximum absolute atomic E-state index is 3.54. The van der Waals surface area contributed by atoms with Crippen LogP contribution in [0.2, 0.25) is 0 Å². The van der Waals surface area contributed by atoms with Crippen LogP contribution in [0.3, 0.4) is 0 Å². The zero-order chi connectivity index (χ0) is 12.7. The van der Waals surface area contributed by atoms with Crippen LogP contribution >= 0.6 is 0 Å². The third-order valence-corrected chi connectivity index (χ3v) is 4.21. The number of nitrogens with zero attached hydrogens (tertiary/aromatic N) is 1. The molecule has 2 heteroatoms. The summed E-state index contributed by atoms with van der Waals surface area (Å²) in [5.41, 5.74) is 0. The normalized spacial score (nSPS) is 25.8. The Morgan fingerprint density at radius 2 is 1.88 bits per heavy atom. The van der Waals surface area contributed by atoms with Crippen molar-refractivity contribution in [3.8, 4) is 0 Å². The molecule has 102 valence electrons. The predicted octanol–water partition coefficient (Wildman–Crippen LogP) is 3.42. The van der Waals surface area contributed by atoms with E-state index >= 15 is 0 Å². The van der Waals surface area contributed by atoms with Crippen LogP contribution in [0.1, 0.15) is 65.7 Å². The van der Waals surface area contributed by atoms with Gasteiger partial charge in [0, 0.05) is 18.1 Å². The van der Waals surface area contributed by atoms with E-state index in [9.17, 15) is 0 Å². The second-order valence-electron chi connectivity index (χ2n) is 5.79. The summed E-state index contributed by atoms with van der Waals surface area (Å²) >= 11 is 0. The van der Waals surface area contributed by atoms with E-state index in [1.165, 1.54) is 51.5 Å². The lowest BCUT2D eigenvalue weighted by Crippen LogP contribution is -2.53. The molecule has 1 aliphatic rings. The second-order valence-corrected chi connectivity index (χ2v) is 5.79. The topological polar surface area (TPSA) is 15.3 Å². The van der Waals surface area contributed by atoms with Crippen molar-refractivity contribution in [2.45, 2.75) is 83.8 Å². The number of nitrogens with one attached hydrogen (secondary N) is 1. The minimum Gasteiger partial charge on any atom is -0.315 e. The van der Waals surface area contributed by atoms with Gasteiger partial charge in [0.2, 0.25) is 0 Å². The van der Waals surface area contributed by atoms with Crippen LogP contribution in [0.15, 0.2) is 0 Å². The van der Waals surface area contributed by atoms with Crippen LogP contribution in [-0.2, 0) is 0 Å². The second kappa shape index (κ2) is 8.10. The smallest absolute Gasteiger partial charge is 0.0251 e. The summed E-state index contributed by atoms with van der Waals surface area (Å²) in [6, 6.07) is 2.17. The lowest BCUT2D eigenvalue weighted by Gasteiger charge is -2.42. The molecular weight excluding hydrogens is 208 g/mol. The minimum absolute atomic E-state index is 0.686. The van der Waals surface area contributed by atoms with Crippen molar-refractivity contribution in [3.63, 3.8) is 0 Å². The number of likely N-dealkylation sites (N-methyl/N-ethyl adjacent to an activating group) is 1. The number of rotatable bonds is 7. The largest absolute Gasteiger partial charge is 0.315 e. The Kier molecular flexibility index (Phi) is 7.14. The molecule has 0 radical (unpaired) electrons. The fourth-order valence-corrected chi connectivity index (χ4v) is 3.20. The van der Waals surface area contributed by atoms with Crippen molar-refractivity contribution in [1.29, 1.82) is 0 Å². The van der Waals surface area contributed by atoms with E-state index in [0.29, 0.717) is 12.1 Å². The van der Waals surface area contributed by atoms with Gasteiger partial charge in [0.05, 0.1) is 0 Å². The Hall–Kier alpha value is -0.0800. The van der Waals surface area contributed by atoms with E-state index in [4.69, 9.17) is 0 Å². The first-order valence-electron chi connectivity index (χ1n) is 7.63. The molecule has 1 aliphatic carbocycles. The summed E-state index contributed by atoms with van der Waals surface area (Å²) in [7, 11) is 2.13. The van der Waals surface area contributed by atoms with Crippen molar-refractivity contribution in [2.75, 3.05) is 13.6 Å². The van der Waals surface area contributed by atoms with Crippen LogP contribution in [0, 0.1) is 0 Å². The van der Waals surface area contributed by atoms with Crippen molar-refractivity contribution in [1.82, 2.24) is 10.2 Å². The zero-order valence-corrected chi connectivity index (χ0v) is 12.3. The molecule has 2 atom stereocenters. The Balaban J connectivity index is 2.54. The van der Waals surface area contributed by atoms with E-state index in [-0.39, 0.29) is 0 Å². The predicted molar refractivity (Wildman–Crippen MR) is 76.5 cm³/mol. The average Bonchev–Trinajstić information content (AvgIpc) is 2.34. The first-order chi connectivity index (χ1) is 8.20. The number of hydrogen-bond donors (Lipinski definition) is 1. The molecule has 2 unspecified atom stereocenters. The molecule has 0 bridgehead atoms. The summed E-state index contributed by atoms with van der Waals surface area (Å²) in [5, 5.41) is 3.54. The van der Waals surface area contributed by atoms with Gasteiger partial charge in [0.15, 0.2) is 0 Å². The molecule has 0 heterocycles.